The average Bonchev–Trinajstić information content (AvgIpc) is 1.72. The van der Waals surface area contributed by atoms with Crippen molar-refractivity contribution in [2.45, 2.75) is 0 Å². The molecular weight excluding hydrogens is 151 g/mol. The summed E-state index contributed by atoms with van der Waals surface area (Å²) in [6.45, 7) is 0. The van der Waals surface area contributed by atoms with Crippen LogP contribution in [0.25, 0.3) is 0 Å². The van der Waals surface area contributed by atoms with E-state index in [9.17, 15) is 0 Å². The van der Waals surface area contributed by atoms with Gasteiger partial charge in [0.05, 0.1) is 0 Å². The molecule has 0 aliphatic carbocycles. The van der Waals surface area contributed by atoms with Crippen molar-refractivity contribution < 1.29 is 4.70 Å². The average molecular weight is 157 g/mol. The van der Waals surface area contributed by atoms with Gasteiger partial charge in [0.25, 0.3) is 0 Å². The molecule has 0 bridgehead atoms. The van der Waals surface area contributed by atoms with Crippen LogP contribution in [0.5, 0.6) is 0 Å². The van der Waals surface area contributed by atoms with Crippen molar-refractivity contribution in [3.05, 3.63) is 36.4 Å². The minimum Gasteiger partial charge on any atom is -1.00 e. The molecule has 0 nitrogen and oxygen atoms in total. The fraction of sp³-hybridized carbons (Fsp3) is 0. The Balaban J connectivity index is -0.000000120. The number of rotatable bonds is 0. The van der Waals surface area contributed by atoms with Gasteiger partial charge in [0, 0.05) is 0 Å². The summed E-state index contributed by atoms with van der Waals surface area (Å²) >= 11 is 0. The van der Waals surface area contributed by atoms with Gasteiger partial charge in [-0.15, -0.1) is 12.4 Å². The van der Waals surface area contributed by atoms with Gasteiger partial charge in [-0.25, -0.2) is 0 Å². The van der Waals surface area contributed by atoms with Crippen molar-refractivity contribution >= 4 is 35.5 Å². The molecule has 1 aromatic rings. The number of hydrogen-bond donors (Lipinski definition) is 0. The predicted octanol–water partition coefficient (Wildman–Crippen LogP) is -1.47. The van der Waals surface area contributed by atoms with E-state index in [0.717, 1.165) is 0 Å². The van der Waals surface area contributed by atoms with Crippen molar-refractivity contribution in [2.24, 2.45) is 0 Å². The number of halogens is 2. The van der Waals surface area contributed by atoms with E-state index in [1.807, 2.05) is 30.3 Å². The Hall–Kier alpha value is 0.206. The Morgan fingerprint density at radius 1 is 0.889 bits per heavy atom. The molecule has 0 aliphatic rings. The maximum Gasteiger partial charge on any atom is 2.00 e. The first-order valence-electron chi connectivity index (χ1n) is 1.91. The van der Waals surface area contributed by atoms with Crippen LogP contribution in [-0.2, 0) is 0 Å². The second-order valence-corrected chi connectivity index (χ2v) is 1.08. The fourth-order valence-electron chi connectivity index (χ4n) is 0.342. The quantitative estimate of drug-likeness (QED) is 0.318. The van der Waals surface area contributed by atoms with Gasteiger partial charge in [-0.3, -0.25) is 0 Å². The van der Waals surface area contributed by atoms with Crippen LogP contribution in [0.3, 0.4) is 0 Å². The van der Waals surface area contributed by atoms with Gasteiger partial charge in [-0.2, -0.15) is 36.4 Å². The van der Waals surface area contributed by atoms with E-state index < -0.39 is 0 Å². The molecular formula is C6H6ClFMg. The first kappa shape index (κ1) is 16.1. The second kappa shape index (κ2) is 11.1. The molecule has 1 rings (SSSR count). The Kier molecular flexibility index (Phi) is 19.8. The third-order valence-corrected chi connectivity index (χ3v) is 0.607. The third-order valence-electron chi connectivity index (χ3n) is 0.607. The molecule has 0 amide bonds. The maximum absolute atomic E-state index is 2.89. The van der Waals surface area contributed by atoms with E-state index in [1.165, 1.54) is 0 Å². The third kappa shape index (κ3) is 8.21. The maximum atomic E-state index is 2.89. The molecule has 0 fully saturated rings. The van der Waals surface area contributed by atoms with Crippen molar-refractivity contribution in [2.75, 3.05) is 0 Å². The molecule has 0 saturated heterocycles. The molecule has 0 unspecified atom stereocenters. The van der Waals surface area contributed by atoms with E-state index in [-0.39, 0.29) is 40.2 Å². The van der Waals surface area contributed by atoms with Crippen LogP contribution in [0.2, 0.25) is 0 Å². The summed E-state index contributed by atoms with van der Waals surface area (Å²) in [4.78, 5) is 0. The summed E-state index contributed by atoms with van der Waals surface area (Å²) in [7, 11) is 0. The number of benzene rings is 1. The molecule has 1 aromatic carbocycles. The summed E-state index contributed by atoms with van der Waals surface area (Å²) in [5.74, 6) is 0. The zero-order valence-electron chi connectivity index (χ0n) is 4.88. The van der Waals surface area contributed by atoms with Crippen LogP contribution in [0, 0.1) is 6.07 Å². The van der Waals surface area contributed by atoms with Crippen LogP contribution in [0.4, 0.5) is 0 Å². The minimum atomic E-state index is 0. The SMILES string of the molecule is Cl.[F-].[Mg+2].[c-]1ccccc1. The Morgan fingerprint density at radius 2 is 1.33 bits per heavy atom. The minimum absolute atomic E-state index is 0. The van der Waals surface area contributed by atoms with Gasteiger partial charge in [-0.05, 0) is 0 Å². The summed E-state index contributed by atoms with van der Waals surface area (Å²) in [5, 5.41) is 0. The van der Waals surface area contributed by atoms with Gasteiger partial charge in [0.1, 0.15) is 0 Å². The Labute approximate surface area is 76.6 Å². The molecule has 0 aliphatic heterocycles. The molecule has 0 N–H and O–H groups in total. The van der Waals surface area contributed by atoms with Crippen molar-refractivity contribution in [1.82, 2.24) is 0 Å². The van der Waals surface area contributed by atoms with Crippen LogP contribution >= 0.6 is 12.4 Å². The summed E-state index contributed by atoms with van der Waals surface area (Å²) < 4.78 is 0. The van der Waals surface area contributed by atoms with E-state index >= 15 is 0 Å². The molecule has 0 aromatic heterocycles. The molecule has 3 heteroatoms. The topological polar surface area (TPSA) is 0 Å². The van der Waals surface area contributed by atoms with Crippen molar-refractivity contribution in [3.63, 3.8) is 0 Å². The van der Waals surface area contributed by atoms with Crippen molar-refractivity contribution in [1.29, 1.82) is 0 Å². The summed E-state index contributed by atoms with van der Waals surface area (Å²) in [6, 6.07) is 12.5. The zero-order valence-corrected chi connectivity index (χ0v) is 7.11. The largest absolute Gasteiger partial charge is 2.00 e. The van der Waals surface area contributed by atoms with E-state index in [2.05, 4.69) is 6.07 Å². The standard InChI is InChI=1S/C6H5.ClH.FH.Mg/c1-2-4-6-5-3-1;;;/h1-5H;2*1H;/q-1;;;+2/p-1. The summed E-state index contributed by atoms with van der Waals surface area (Å²) in [5.41, 5.74) is 0. The van der Waals surface area contributed by atoms with E-state index in [0.29, 0.717) is 0 Å². The Morgan fingerprint density at radius 3 is 1.44 bits per heavy atom. The molecule has 0 radical (unpaired) electrons. The van der Waals surface area contributed by atoms with Crippen LogP contribution in [0.1, 0.15) is 0 Å². The van der Waals surface area contributed by atoms with Gasteiger partial charge >= 0.3 is 23.1 Å². The van der Waals surface area contributed by atoms with Gasteiger partial charge in [0.15, 0.2) is 0 Å². The number of hydrogen-bond acceptors (Lipinski definition) is 0. The molecule has 0 spiro atoms. The van der Waals surface area contributed by atoms with Gasteiger partial charge < -0.3 is 4.70 Å². The summed E-state index contributed by atoms with van der Waals surface area (Å²) in [6.07, 6.45) is 0. The van der Waals surface area contributed by atoms with Gasteiger partial charge in [0.2, 0.25) is 0 Å². The predicted molar refractivity (Wildman–Crippen MR) is 38.3 cm³/mol. The van der Waals surface area contributed by atoms with Crippen LogP contribution in [0.15, 0.2) is 30.3 Å². The van der Waals surface area contributed by atoms with E-state index in [1.54, 1.807) is 0 Å². The molecule has 0 heterocycles. The smallest absolute Gasteiger partial charge is 1.00 e. The van der Waals surface area contributed by atoms with Crippen LogP contribution < -0.4 is 4.70 Å². The second-order valence-electron chi connectivity index (χ2n) is 1.08. The fourth-order valence-corrected chi connectivity index (χ4v) is 0.342. The van der Waals surface area contributed by atoms with Crippen molar-refractivity contribution in [3.8, 4) is 0 Å². The first-order chi connectivity index (χ1) is 3.00. The van der Waals surface area contributed by atoms with Gasteiger partial charge in [-0.1, -0.05) is 0 Å². The molecule has 9 heavy (non-hydrogen) atoms. The molecule has 46 valence electrons. The Bertz CT molecular complexity index is 85.0. The molecule has 0 saturated carbocycles. The monoisotopic (exact) mass is 156 g/mol. The van der Waals surface area contributed by atoms with E-state index in [4.69, 9.17) is 0 Å². The van der Waals surface area contributed by atoms with Crippen LogP contribution in [-0.4, -0.2) is 23.1 Å². The molecule has 0 atom stereocenters. The zero-order chi connectivity index (χ0) is 4.24. The first-order valence-corrected chi connectivity index (χ1v) is 1.91. The normalized spacial score (nSPS) is 5.33.